The number of carbonyl (C=O) groups is 3. The summed E-state index contributed by atoms with van der Waals surface area (Å²) < 4.78 is 0. The molecule has 0 saturated carbocycles. The van der Waals surface area contributed by atoms with Gasteiger partial charge in [0.15, 0.2) is 0 Å². The van der Waals surface area contributed by atoms with Crippen LogP contribution in [0.3, 0.4) is 0 Å². The first-order valence-electron chi connectivity index (χ1n) is 8.65. The molecule has 0 unspecified atom stereocenters. The maximum absolute atomic E-state index is 11.9. The van der Waals surface area contributed by atoms with Crippen LogP contribution in [0.4, 0.5) is 5.69 Å². The molecule has 25 heavy (non-hydrogen) atoms. The standard InChI is InChI=1S/C18H26N4O3/c1-14(23)19-11-17(24)20-12-18(25)21-16-7-5-6-15(10-16)13-22-8-3-2-4-9-22/h5-7,10H,2-4,8-9,11-13H2,1H3,(H,19,23)(H,20,24)(H,21,25). The molecule has 0 radical (unpaired) electrons. The average Bonchev–Trinajstić information content (AvgIpc) is 2.59. The maximum atomic E-state index is 11.9. The molecule has 7 nitrogen and oxygen atoms in total. The zero-order valence-electron chi connectivity index (χ0n) is 14.6. The molecule has 0 aliphatic carbocycles. The average molecular weight is 346 g/mol. The van der Waals surface area contributed by atoms with Gasteiger partial charge in [-0.25, -0.2) is 0 Å². The van der Waals surface area contributed by atoms with Crippen molar-refractivity contribution in [3.63, 3.8) is 0 Å². The third-order valence-electron chi connectivity index (χ3n) is 4.01. The van der Waals surface area contributed by atoms with Gasteiger partial charge in [0.05, 0.1) is 13.1 Å². The summed E-state index contributed by atoms with van der Waals surface area (Å²) in [4.78, 5) is 36.6. The number of hydrogen-bond acceptors (Lipinski definition) is 4. The van der Waals surface area contributed by atoms with Crippen LogP contribution < -0.4 is 16.0 Å². The van der Waals surface area contributed by atoms with E-state index in [-0.39, 0.29) is 24.9 Å². The third-order valence-corrected chi connectivity index (χ3v) is 4.01. The minimum atomic E-state index is -0.399. The summed E-state index contributed by atoms with van der Waals surface area (Å²) in [5.41, 5.74) is 1.88. The lowest BCUT2D eigenvalue weighted by molar-refractivity contribution is -0.126. The second-order valence-electron chi connectivity index (χ2n) is 6.27. The summed E-state index contributed by atoms with van der Waals surface area (Å²) in [5, 5.41) is 7.62. The van der Waals surface area contributed by atoms with E-state index in [2.05, 4.69) is 26.9 Å². The van der Waals surface area contributed by atoms with E-state index in [4.69, 9.17) is 0 Å². The predicted molar refractivity (Wildman–Crippen MR) is 95.9 cm³/mol. The fourth-order valence-corrected chi connectivity index (χ4v) is 2.77. The minimum absolute atomic E-state index is 0.130. The summed E-state index contributed by atoms with van der Waals surface area (Å²) in [6, 6.07) is 7.77. The lowest BCUT2D eigenvalue weighted by atomic mass is 10.1. The summed E-state index contributed by atoms with van der Waals surface area (Å²) >= 11 is 0. The van der Waals surface area contributed by atoms with Crippen molar-refractivity contribution in [1.82, 2.24) is 15.5 Å². The molecule has 0 aromatic heterocycles. The smallest absolute Gasteiger partial charge is 0.243 e. The van der Waals surface area contributed by atoms with Crippen LogP contribution in [-0.4, -0.2) is 48.8 Å². The Balaban J connectivity index is 1.77. The number of likely N-dealkylation sites (tertiary alicyclic amines) is 1. The van der Waals surface area contributed by atoms with Gasteiger partial charge < -0.3 is 16.0 Å². The highest BCUT2D eigenvalue weighted by Crippen LogP contribution is 2.16. The highest BCUT2D eigenvalue weighted by atomic mass is 16.2. The van der Waals surface area contributed by atoms with Crippen LogP contribution in [0.15, 0.2) is 24.3 Å². The van der Waals surface area contributed by atoms with Gasteiger partial charge in [-0.1, -0.05) is 18.6 Å². The lowest BCUT2D eigenvalue weighted by Gasteiger charge is -2.26. The van der Waals surface area contributed by atoms with E-state index < -0.39 is 5.91 Å². The molecule has 2 rings (SSSR count). The highest BCUT2D eigenvalue weighted by Gasteiger charge is 2.11. The van der Waals surface area contributed by atoms with E-state index in [1.165, 1.54) is 26.2 Å². The van der Waals surface area contributed by atoms with Gasteiger partial charge in [0.2, 0.25) is 17.7 Å². The van der Waals surface area contributed by atoms with Crippen LogP contribution >= 0.6 is 0 Å². The van der Waals surface area contributed by atoms with Crippen LogP contribution in [0.25, 0.3) is 0 Å². The van der Waals surface area contributed by atoms with Crippen molar-refractivity contribution in [2.45, 2.75) is 32.7 Å². The molecule has 1 aromatic rings. The number of rotatable bonds is 7. The van der Waals surface area contributed by atoms with Crippen LogP contribution in [0.5, 0.6) is 0 Å². The molecule has 0 spiro atoms. The summed E-state index contributed by atoms with van der Waals surface area (Å²) in [5.74, 6) is -0.986. The van der Waals surface area contributed by atoms with E-state index in [1.54, 1.807) is 0 Å². The Bertz CT molecular complexity index is 612. The highest BCUT2D eigenvalue weighted by molar-refractivity contribution is 5.95. The van der Waals surface area contributed by atoms with Crippen molar-refractivity contribution in [1.29, 1.82) is 0 Å². The fraction of sp³-hybridized carbons (Fsp3) is 0.500. The number of piperidine rings is 1. The Kier molecular flexibility index (Phi) is 7.40. The van der Waals surface area contributed by atoms with Crippen molar-refractivity contribution in [2.75, 3.05) is 31.5 Å². The van der Waals surface area contributed by atoms with Crippen LogP contribution in [0.2, 0.25) is 0 Å². The number of nitrogens with one attached hydrogen (secondary N) is 3. The quantitative estimate of drug-likeness (QED) is 0.683. The van der Waals surface area contributed by atoms with E-state index >= 15 is 0 Å². The molecule has 1 saturated heterocycles. The summed E-state index contributed by atoms with van der Waals surface area (Å²) in [6.07, 6.45) is 3.80. The number of nitrogens with zero attached hydrogens (tertiary/aromatic N) is 1. The number of anilines is 1. The zero-order valence-corrected chi connectivity index (χ0v) is 14.6. The lowest BCUT2D eigenvalue weighted by Crippen LogP contribution is -2.39. The SMILES string of the molecule is CC(=O)NCC(=O)NCC(=O)Nc1cccc(CN2CCCCC2)c1. The van der Waals surface area contributed by atoms with Gasteiger partial charge in [0.25, 0.3) is 0 Å². The first-order chi connectivity index (χ1) is 12.0. The fourth-order valence-electron chi connectivity index (χ4n) is 2.77. The molecule has 1 aromatic carbocycles. The van der Waals surface area contributed by atoms with Crippen molar-refractivity contribution in [2.24, 2.45) is 0 Å². The van der Waals surface area contributed by atoms with E-state index in [0.717, 1.165) is 30.9 Å². The van der Waals surface area contributed by atoms with Crippen molar-refractivity contribution in [3.05, 3.63) is 29.8 Å². The van der Waals surface area contributed by atoms with Gasteiger partial charge in [0.1, 0.15) is 0 Å². The molecular formula is C18H26N4O3. The number of hydrogen-bond donors (Lipinski definition) is 3. The van der Waals surface area contributed by atoms with Gasteiger partial charge in [-0.2, -0.15) is 0 Å². The molecule has 136 valence electrons. The second-order valence-corrected chi connectivity index (χ2v) is 6.27. The number of benzene rings is 1. The minimum Gasteiger partial charge on any atom is -0.347 e. The molecule has 1 aliphatic rings. The first kappa shape index (κ1) is 18.9. The predicted octanol–water partition coefficient (Wildman–Crippen LogP) is 0.863. The van der Waals surface area contributed by atoms with Crippen LogP contribution in [-0.2, 0) is 20.9 Å². The van der Waals surface area contributed by atoms with Gasteiger partial charge in [-0.3, -0.25) is 19.3 Å². The van der Waals surface area contributed by atoms with Gasteiger partial charge in [-0.05, 0) is 43.6 Å². The normalized spacial score (nSPS) is 14.6. The third kappa shape index (κ3) is 7.34. The molecule has 1 fully saturated rings. The van der Waals surface area contributed by atoms with E-state index in [0.29, 0.717) is 0 Å². The van der Waals surface area contributed by atoms with Gasteiger partial charge in [0, 0.05) is 19.2 Å². The molecule has 0 atom stereocenters. The molecule has 3 N–H and O–H groups in total. The second kappa shape index (κ2) is 9.78. The van der Waals surface area contributed by atoms with E-state index in [9.17, 15) is 14.4 Å². The Hall–Kier alpha value is -2.41. The Labute approximate surface area is 148 Å². The topological polar surface area (TPSA) is 90.5 Å². The Morgan fingerprint density at radius 3 is 2.44 bits per heavy atom. The molecule has 1 aliphatic heterocycles. The van der Waals surface area contributed by atoms with Gasteiger partial charge in [-0.15, -0.1) is 0 Å². The van der Waals surface area contributed by atoms with Crippen molar-refractivity contribution >= 4 is 23.4 Å². The number of amides is 3. The summed E-state index contributed by atoms with van der Waals surface area (Å²) in [7, 11) is 0. The molecule has 1 heterocycles. The van der Waals surface area contributed by atoms with Crippen molar-refractivity contribution in [3.8, 4) is 0 Å². The molecule has 0 bridgehead atoms. The monoisotopic (exact) mass is 346 g/mol. The van der Waals surface area contributed by atoms with Gasteiger partial charge >= 0.3 is 0 Å². The first-order valence-corrected chi connectivity index (χ1v) is 8.65. The number of carbonyl (C=O) groups excluding carboxylic acids is 3. The molecule has 3 amide bonds. The van der Waals surface area contributed by atoms with E-state index in [1.807, 2.05) is 18.2 Å². The van der Waals surface area contributed by atoms with Crippen LogP contribution in [0.1, 0.15) is 31.7 Å². The van der Waals surface area contributed by atoms with Crippen molar-refractivity contribution < 1.29 is 14.4 Å². The summed E-state index contributed by atoms with van der Waals surface area (Å²) in [6.45, 7) is 4.20. The van der Waals surface area contributed by atoms with Crippen LogP contribution in [0, 0.1) is 0 Å². The Morgan fingerprint density at radius 2 is 1.72 bits per heavy atom. The largest absolute Gasteiger partial charge is 0.347 e. The Morgan fingerprint density at radius 1 is 1.00 bits per heavy atom. The zero-order chi connectivity index (χ0) is 18.1. The molecule has 7 heteroatoms. The molecular weight excluding hydrogens is 320 g/mol. The maximum Gasteiger partial charge on any atom is 0.243 e.